The van der Waals surface area contributed by atoms with Crippen LogP contribution in [0.25, 0.3) is 0 Å². The van der Waals surface area contributed by atoms with Crippen LogP contribution < -0.4 is 4.90 Å². The monoisotopic (exact) mass is 422 g/mol. The predicted octanol–water partition coefficient (Wildman–Crippen LogP) is 4.68. The first-order chi connectivity index (χ1) is 13.3. The second-order valence-corrected chi connectivity index (χ2v) is 7.58. The molecule has 1 fully saturated rings. The first-order valence-corrected chi connectivity index (χ1v) is 9.27. The van der Waals surface area contributed by atoms with Crippen molar-refractivity contribution < 1.29 is 22.8 Å². The van der Waals surface area contributed by atoms with E-state index in [0.717, 1.165) is 40.4 Å². The summed E-state index contributed by atoms with van der Waals surface area (Å²) in [5, 5.41) is 0.215. The molecule has 2 heterocycles. The Kier molecular flexibility index (Phi) is 4.55. The smallest absolute Gasteiger partial charge is 0.272 e. The Bertz CT molecular complexity index is 1050. The minimum Gasteiger partial charge on any atom is -0.272 e. The Labute approximate surface area is 166 Å². The van der Waals surface area contributed by atoms with Crippen LogP contribution >= 0.6 is 23.4 Å². The molecular weight excluding hydrogens is 413 g/mol. The van der Waals surface area contributed by atoms with Crippen LogP contribution in [-0.4, -0.2) is 22.1 Å². The van der Waals surface area contributed by atoms with Gasteiger partial charge in [0, 0.05) is 16.8 Å². The highest BCUT2D eigenvalue weighted by molar-refractivity contribution is 8.15. The molecule has 2 aromatic rings. The predicted molar refractivity (Wildman–Crippen MR) is 101 cm³/mol. The number of halogens is 4. The van der Waals surface area contributed by atoms with Crippen LogP contribution in [0.4, 0.5) is 18.9 Å². The quantitative estimate of drug-likeness (QED) is 0.660. The van der Waals surface area contributed by atoms with E-state index in [-0.39, 0.29) is 11.3 Å². The van der Waals surface area contributed by atoms with E-state index in [9.17, 15) is 22.8 Å². The zero-order chi connectivity index (χ0) is 20.1. The first kappa shape index (κ1) is 18.8. The summed E-state index contributed by atoms with van der Waals surface area (Å²) in [6.07, 6.45) is -3.27. The SMILES string of the molecule is O=C1C2=CN=C(c3ccc(Cl)cc3)S[C@H]2C(=O)N1c1cccc(C(F)(F)F)c1. The van der Waals surface area contributed by atoms with E-state index >= 15 is 0 Å². The summed E-state index contributed by atoms with van der Waals surface area (Å²) in [6.45, 7) is 0. The summed E-state index contributed by atoms with van der Waals surface area (Å²) in [5.41, 5.74) is -0.179. The molecule has 0 aliphatic carbocycles. The number of hydrogen-bond acceptors (Lipinski definition) is 4. The molecule has 2 aliphatic heterocycles. The lowest BCUT2D eigenvalue weighted by Gasteiger charge is -2.16. The van der Waals surface area contributed by atoms with Crippen LogP contribution in [0.3, 0.4) is 0 Å². The van der Waals surface area contributed by atoms with Crippen molar-refractivity contribution in [1.82, 2.24) is 0 Å². The number of imide groups is 1. The molecule has 0 N–H and O–H groups in total. The van der Waals surface area contributed by atoms with Gasteiger partial charge in [0.1, 0.15) is 10.3 Å². The molecular formula is C19H10ClF3N2O2S. The molecule has 0 radical (unpaired) electrons. The standard InChI is InChI=1S/C19H10ClF3N2O2S/c20-12-6-4-10(5-7-12)16-24-9-14-15(28-16)18(27)25(17(14)26)13-3-1-2-11(8-13)19(21,22)23/h1-9,15H/t15-/m1/s1. The number of benzene rings is 2. The summed E-state index contributed by atoms with van der Waals surface area (Å²) in [6, 6.07) is 11.0. The zero-order valence-electron chi connectivity index (χ0n) is 13.9. The second-order valence-electron chi connectivity index (χ2n) is 6.05. The van der Waals surface area contributed by atoms with Crippen LogP contribution in [0.5, 0.6) is 0 Å². The van der Waals surface area contributed by atoms with E-state index in [4.69, 9.17) is 11.6 Å². The molecule has 4 nitrogen and oxygen atoms in total. The van der Waals surface area contributed by atoms with Crippen molar-refractivity contribution in [2.45, 2.75) is 11.4 Å². The third kappa shape index (κ3) is 3.22. The van der Waals surface area contributed by atoms with Crippen molar-refractivity contribution in [2.24, 2.45) is 4.99 Å². The summed E-state index contributed by atoms with van der Waals surface area (Å²) in [7, 11) is 0. The third-order valence-corrected chi connectivity index (χ3v) is 5.76. The highest BCUT2D eigenvalue weighted by atomic mass is 35.5. The van der Waals surface area contributed by atoms with Gasteiger partial charge in [0.05, 0.1) is 16.8 Å². The van der Waals surface area contributed by atoms with Crippen LogP contribution in [0, 0.1) is 0 Å². The van der Waals surface area contributed by atoms with Crippen molar-refractivity contribution >= 4 is 45.9 Å². The van der Waals surface area contributed by atoms with Gasteiger partial charge in [-0.2, -0.15) is 13.2 Å². The van der Waals surface area contributed by atoms with E-state index in [0.29, 0.717) is 10.1 Å². The highest BCUT2D eigenvalue weighted by Gasteiger charge is 2.47. The van der Waals surface area contributed by atoms with Crippen LogP contribution in [-0.2, 0) is 15.8 Å². The molecule has 0 aromatic heterocycles. The Morgan fingerprint density at radius 3 is 2.46 bits per heavy atom. The van der Waals surface area contributed by atoms with Crippen molar-refractivity contribution in [3.05, 3.63) is 76.5 Å². The number of nitrogens with zero attached hydrogens (tertiary/aromatic N) is 2. The Balaban J connectivity index is 1.65. The number of hydrogen-bond donors (Lipinski definition) is 0. The van der Waals surface area contributed by atoms with E-state index in [1.165, 1.54) is 12.3 Å². The van der Waals surface area contributed by atoms with Crippen molar-refractivity contribution in [1.29, 1.82) is 0 Å². The summed E-state index contributed by atoms with van der Waals surface area (Å²) < 4.78 is 38.9. The fourth-order valence-corrected chi connectivity index (χ4v) is 4.13. The number of alkyl halides is 3. The first-order valence-electron chi connectivity index (χ1n) is 8.02. The lowest BCUT2D eigenvalue weighted by Crippen LogP contribution is -2.31. The summed E-state index contributed by atoms with van der Waals surface area (Å²) in [4.78, 5) is 30.5. The van der Waals surface area contributed by atoms with Crippen molar-refractivity contribution in [2.75, 3.05) is 4.90 Å². The van der Waals surface area contributed by atoms with E-state index in [2.05, 4.69) is 4.99 Å². The minimum absolute atomic E-state index is 0.117. The van der Waals surface area contributed by atoms with Gasteiger partial charge in [0.15, 0.2) is 0 Å². The molecule has 4 rings (SSSR count). The van der Waals surface area contributed by atoms with Crippen molar-refractivity contribution in [3.8, 4) is 0 Å². The normalized spacial score (nSPS) is 19.4. The van der Waals surface area contributed by atoms with Gasteiger partial charge in [-0.15, -0.1) is 0 Å². The van der Waals surface area contributed by atoms with Gasteiger partial charge in [-0.25, -0.2) is 9.89 Å². The topological polar surface area (TPSA) is 49.7 Å². The Morgan fingerprint density at radius 1 is 1.07 bits per heavy atom. The molecule has 28 heavy (non-hydrogen) atoms. The third-order valence-electron chi connectivity index (χ3n) is 4.25. The maximum atomic E-state index is 13.0. The minimum atomic E-state index is -4.58. The fourth-order valence-electron chi connectivity index (χ4n) is 2.90. The highest BCUT2D eigenvalue weighted by Crippen LogP contribution is 2.39. The average molecular weight is 423 g/mol. The molecule has 1 atom stereocenters. The van der Waals surface area contributed by atoms with Gasteiger partial charge in [-0.05, 0) is 30.3 Å². The number of thioether (sulfide) groups is 1. The summed E-state index contributed by atoms with van der Waals surface area (Å²) >= 11 is 6.96. The lowest BCUT2D eigenvalue weighted by molar-refractivity contribution is -0.137. The maximum Gasteiger partial charge on any atom is 0.416 e. The average Bonchev–Trinajstić information content (AvgIpc) is 2.92. The zero-order valence-corrected chi connectivity index (χ0v) is 15.5. The molecule has 0 bridgehead atoms. The largest absolute Gasteiger partial charge is 0.416 e. The Morgan fingerprint density at radius 2 is 1.79 bits per heavy atom. The van der Waals surface area contributed by atoms with Gasteiger partial charge in [0.25, 0.3) is 11.8 Å². The van der Waals surface area contributed by atoms with E-state index < -0.39 is 28.8 Å². The molecule has 0 saturated carbocycles. The molecule has 2 amide bonds. The van der Waals surface area contributed by atoms with Gasteiger partial charge >= 0.3 is 6.18 Å². The number of carbonyl (C=O) groups excluding carboxylic acids is 2. The number of anilines is 1. The number of rotatable bonds is 2. The Hall–Kier alpha value is -2.58. The number of fused-ring (bicyclic) bond motifs is 1. The lowest BCUT2D eigenvalue weighted by atomic mass is 10.2. The number of carbonyl (C=O) groups is 2. The van der Waals surface area contributed by atoms with Crippen molar-refractivity contribution in [3.63, 3.8) is 0 Å². The van der Waals surface area contributed by atoms with Gasteiger partial charge in [-0.1, -0.05) is 41.6 Å². The molecule has 1 saturated heterocycles. The number of amides is 2. The second kappa shape index (κ2) is 6.79. The molecule has 2 aliphatic rings. The molecule has 142 valence electrons. The van der Waals surface area contributed by atoms with Crippen LogP contribution in [0.2, 0.25) is 5.02 Å². The number of aliphatic imine (C=N–C) groups is 1. The molecule has 0 spiro atoms. The maximum absolute atomic E-state index is 13.0. The van der Waals surface area contributed by atoms with Crippen LogP contribution in [0.1, 0.15) is 11.1 Å². The van der Waals surface area contributed by atoms with Gasteiger partial charge < -0.3 is 0 Å². The van der Waals surface area contributed by atoms with Gasteiger partial charge in [0.2, 0.25) is 0 Å². The molecule has 0 unspecified atom stereocenters. The van der Waals surface area contributed by atoms with E-state index in [1.807, 2.05) is 0 Å². The van der Waals surface area contributed by atoms with E-state index in [1.54, 1.807) is 24.3 Å². The van der Waals surface area contributed by atoms with Gasteiger partial charge in [-0.3, -0.25) is 9.59 Å². The van der Waals surface area contributed by atoms with Crippen LogP contribution in [0.15, 0.2) is 65.3 Å². The molecule has 2 aromatic carbocycles. The summed E-state index contributed by atoms with van der Waals surface area (Å²) in [5.74, 6) is -1.26. The molecule has 9 heteroatoms. The fraction of sp³-hybridized carbons (Fsp3) is 0.105.